The third kappa shape index (κ3) is 3.16. The van der Waals surface area contributed by atoms with Gasteiger partial charge < -0.3 is 5.32 Å². The summed E-state index contributed by atoms with van der Waals surface area (Å²) in [5.41, 5.74) is 0.936. The molecule has 2 amide bonds. The van der Waals surface area contributed by atoms with Crippen molar-refractivity contribution in [2.75, 3.05) is 10.2 Å². The molecule has 0 radical (unpaired) electrons. The second kappa shape index (κ2) is 6.18. The van der Waals surface area contributed by atoms with Crippen LogP contribution >= 0.6 is 23.2 Å². The van der Waals surface area contributed by atoms with Crippen LogP contribution in [0.15, 0.2) is 42.5 Å². The van der Waals surface area contributed by atoms with Gasteiger partial charge in [0.05, 0.1) is 22.2 Å². The lowest BCUT2D eigenvalue weighted by atomic mass is 10.2. The lowest BCUT2D eigenvalue weighted by molar-refractivity contribution is -0.121. The molecule has 1 atom stereocenters. The summed E-state index contributed by atoms with van der Waals surface area (Å²) in [6.07, 6.45) is 0.0104. The Morgan fingerprint density at radius 3 is 2.39 bits per heavy atom. The SMILES string of the molecule is O=C1CC(Nc2ccc(Cl)c(Cl)c2)C(=O)N1c1ccc(F)cc1. The summed E-state index contributed by atoms with van der Waals surface area (Å²) in [5.74, 6) is -1.18. The second-order valence-electron chi connectivity index (χ2n) is 5.07. The molecule has 1 heterocycles. The number of nitrogens with one attached hydrogen (secondary N) is 1. The molecule has 1 aliphatic heterocycles. The number of hydrogen-bond acceptors (Lipinski definition) is 3. The summed E-state index contributed by atoms with van der Waals surface area (Å²) in [4.78, 5) is 25.6. The Labute approximate surface area is 141 Å². The highest BCUT2D eigenvalue weighted by Gasteiger charge is 2.39. The van der Waals surface area contributed by atoms with Crippen LogP contribution < -0.4 is 10.2 Å². The van der Waals surface area contributed by atoms with Gasteiger partial charge in [0.25, 0.3) is 5.91 Å². The van der Waals surface area contributed by atoms with Crippen LogP contribution in [0.4, 0.5) is 15.8 Å². The minimum absolute atomic E-state index is 0.0104. The van der Waals surface area contributed by atoms with Crippen molar-refractivity contribution in [3.8, 4) is 0 Å². The summed E-state index contributed by atoms with van der Waals surface area (Å²) in [7, 11) is 0. The van der Waals surface area contributed by atoms with Gasteiger partial charge in [-0.3, -0.25) is 9.59 Å². The third-order valence-corrected chi connectivity index (χ3v) is 4.23. The third-order valence-electron chi connectivity index (χ3n) is 3.49. The molecule has 0 aromatic heterocycles. The van der Waals surface area contributed by atoms with E-state index in [0.29, 0.717) is 21.4 Å². The van der Waals surface area contributed by atoms with E-state index in [9.17, 15) is 14.0 Å². The number of amides is 2. The molecule has 1 fully saturated rings. The van der Waals surface area contributed by atoms with Crippen molar-refractivity contribution in [1.82, 2.24) is 0 Å². The molecule has 1 aliphatic rings. The maximum Gasteiger partial charge on any atom is 0.256 e. The fraction of sp³-hybridized carbons (Fsp3) is 0.125. The smallest absolute Gasteiger partial charge is 0.256 e. The van der Waals surface area contributed by atoms with Crippen molar-refractivity contribution >= 4 is 46.4 Å². The summed E-state index contributed by atoms with van der Waals surface area (Å²) in [6.45, 7) is 0. The molecule has 23 heavy (non-hydrogen) atoms. The fourth-order valence-electron chi connectivity index (χ4n) is 2.39. The molecule has 118 valence electrons. The molecular formula is C16H11Cl2FN2O2. The Balaban J connectivity index is 1.80. The van der Waals surface area contributed by atoms with E-state index in [-0.39, 0.29) is 12.3 Å². The van der Waals surface area contributed by atoms with E-state index >= 15 is 0 Å². The number of rotatable bonds is 3. The van der Waals surface area contributed by atoms with Gasteiger partial charge in [-0.05, 0) is 42.5 Å². The number of halogens is 3. The Morgan fingerprint density at radius 1 is 1.04 bits per heavy atom. The number of anilines is 2. The maximum absolute atomic E-state index is 13.0. The molecule has 1 N–H and O–H groups in total. The molecule has 3 rings (SSSR count). The lowest BCUT2D eigenvalue weighted by Gasteiger charge is -2.16. The zero-order valence-electron chi connectivity index (χ0n) is 11.7. The van der Waals surface area contributed by atoms with Crippen LogP contribution in [-0.4, -0.2) is 17.9 Å². The van der Waals surface area contributed by atoms with E-state index in [1.54, 1.807) is 18.2 Å². The highest BCUT2D eigenvalue weighted by Crippen LogP contribution is 2.28. The number of carbonyl (C=O) groups is 2. The van der Waals surface area contributed by atoms with Crippen LogP contribution in [0.5, 0.6) is 0 Å². The lowest BCUT2D eigenvalue weighted by Crippen LogP contribution is -2.34. The number of nitrogens with zero attached hydrogens (tertiary/aromatic N) is 1. The van der Waals surface area contributed by atoms with E-state index in [0.717, 1.165) is 4.90 Å². The second-order valence-corrected chi connectivity index (χ2v) is 5.89. The first kappa shape index (κ1) is 15.8. The van der Waals surface area contributed by atoms with Gasteiger partial charge in [-0.25, -0.2) is 9.29 Å². The van der Waals surface area contributed by atoms with Crippen LogP contribution in [0.2, 0.25) is 10.0 Å². The first-order valence-electron chi connectivity index (χ1n) is 6.79. The van der Waals surface area contributed by atoms with Gasteiger partial charge in [0.15, 0.2) is 0 Å². The van der Waals surface area contributed by atoms with Gasteiger partial charge in [0, 0.05) is 5.69 Å². The summed E-state index contributed by atoms with van der Waals surface area (Å²) < 4.78 is 13.0. The summed E-state index contributed by atoms with van der Waals surface area (Å²) >= 11 is 11.8. The minimum Gasteiger partial charge on any atom is -0.373 e. The topological polar surface area (TPSA) is 49.4 Å². The Bertz CT molecular complexity index is 780. The fourth-order valence-corrected chi connectivity index (χ4v) is 2.69. The van der Waals surface area contributed by atoms with E-state index in [4.69, 9.17) is 23.2 Å². The molecule has 0 spiro atoms. The first-order chi connectivity index (χ1) is 11.0. The quantitative estimate of drug-likeness (QED) is 0.852. The average Bonchev–Trinajstić information content (AvgIpc) is 2.79. The molecule has 2 aromatic carbocycles. The number of imide groups is 1. The van der Waals surface area contributed by atoms with Crippen LogP contribution in [-0.2, 0) is 9.59 Å². The molecule has 7 heteroatoms. The van der Waals surface area contributed by atoms with Crippen LogP contribution in [0, 0.1) is 5.82 Å². The number of carbonyl (C=O) groups excluding carboxylic acids is 2. The monoisotopic (exact) mass is 352 g/mol. The minimum atomic E-state index is -0.704. The van der Waals surface area contributed by atoms with Crippen molar-refractivity contribution in [3.63, 3.8) is 0 Å². The Kier molecular flexibility index (Phi) is 4.24. The van der Waals surface area contributed by atoms with Gasteiger partial charge in [-0.15, -0.1) is 0 Å². The van der Waals surface area contributed by atoms with Crippen molar-refractivity contribution in [3.05, 3.63) is 58.3 Å². The van der Waals surface area contributed by atoms with Crippen LogP contribution in [0.25, 0.3) is 0 Å². The van der Waals surface area contributed by atoms with E-state index in [2.05, 4.69) is 5.32 Å². The molecule has 1 unspecified atom stereocenters. The number of hydrogen-bond donors (Lipinski definition) is 1. The highest BCUT2D eigenvalue weighted by atomic mass is 35.5. The first-order valence-corrected chi connectivity index (χ1v) is 7.55. The molecule has 4 nitrogen and oxygen atoms in total. The van der Waals surface area contributed by atoms with E-state index < -0.39 is 17.8 Å². The average molecular weight is 353 g/mol. The predicted octanol–water partition coefficient (Wildman–Crippen LogP) is 3.88. The molecule has 0 bridgehead atoms. The Hall–Kier alpha value is -2.11. The van der Waals surface area contributed by atoms with Crippen LogP contribution in [0.3, 0.4) is 0 Å². The van der Waals surface area contributed by atoms with Gasteiger partial charge in [0.2, 0.25) is 5.91 Å². The summed E-state index contributed by atoms with van der Waals surface area (Å²) in [5, 5.41) is 3.72. The van der Waals surface area contributed by atoms with Crippen LogP contribution in [0.1, 0.15) is 6.42 Å². The molecule has 2 aromatic rings. The van der Waals surface area contributed by atoms with Gasteiger partial charge >= 0.3 is 0 Å². The normalized spacial score (nSPS) is 17.7. The van der Waals surface area contributed by atoms with Gasteiger partial charge in [-0.2, -0.15) is 0 Å². The van der Waals surface area contributed by atoms with Crippen molar-refractivity contribution in [1.29, 1.82) is 0 Å². The van der Waals surface area contributed by atoms with Crippen molar-refractivity contribution in [2.24, 2.45) is 0 Å². The molecule has 0 aliphatic carbocycles. The largest absolute Gasteiger partial charge is 0.373 e. The predicted molar refractivity (Wildman–Crippen MR) is 87.4 cm³/mol. The zero-order chi connectivity index (χ0) is 16.6. The van der Waals surface area contributed by atoms with Gasteiger partial charge in [-0.1, -0.05) is 23.2 Å². The Morgan fingerprint density at radius 2 is 1.74 bits per heavy atom. The van der Waals surface area contributed by atoms with E-state index in [1.807, 2.05) is 0 Å². The van der Waals surface area contributed by atoms with E-state index in [1.165, 1.54) is 24.3 Å². The molecule has 0 saturated carbocycles. The standard InChI is InChI=1S/C16H11Cl2FN2O2/c17-12-6-3-10(7-13(12)18)20-14-8-15(22)21(16(14)23)11-4-1-9(19)2-5-11/h1-7,14,20H,8H2. The number of benzene rings is 2. The van der Waals surface area contributed by atoms with Crippen molar-refractivity contribution < 1.29 is 14.0 Å². The molecule has 1 saturated heterocycles. The maximum atomic E-state index is 13.0. The van der Waals surface area contributed by atoms with Crippen molar-refractivity contribution in [2.45, 2.75) is 12.5 Å². The van der Waals surface area contributed by atoms with Gasteiger partial charge in [0.1, 0.15) is 11.9 Å². The molecular weight excluding hydrogens is 342 g/mol. The summed E-state index contributed by atoms with van der Waals surface area (Å²) in [6, 6.07) is 9.36. The highest BCUT2D eigenvalue weighted by molar-refractivity contribution is 6.42. The zero-order valence-corrected chi connectivity index (χ0v) is 13.2.